The Labute approximate surface area is 181 Å². The zero-order chi connectivity index (χ0) is 20.8. The first-order valence-electron chi connectivity index (χ1n) is 9.62. The summed E-state index contributed by atoms with van der Waals surface area (Å²) in [6, 6.07) is 14.5. The first kappa shape index (κ1) is 23.5. The fraction of sp³-hybridized carbons (Fsp3) is 0.318. The monoisotopic (exact) mass is 434 g/mol. The third-order valence-electron chi connectivity index (χ3n) is 4.63. The Morgan fingerprint density at radius 3 is 2.63 bits per heavy atom. The van der Waals surface area contributed by atoms with Crippen molar-refractivity contribution in [3.8, 4) is 11.6 Å². The van der Waals surface area contributed by atoms with E-state index in [4.69, 9.17) is 9.47 Å². The van der Waals surface area contributed by atoms with E-state index in [9.17, 15) is 15.0 Å². The highest BCUT2D eigenvalue weighted by molar-refractivity contribution is 5.86. The van der Waals surface area contributed by atoms with Crippen LogP contribution in [0.15, 0.2) is 48.5 Å². The molecular formula is C22H27ClN2O5. The molecule has 0 saturated carbocycles. The smallest absolute Gasteiger partial charge is 0.508 e. The normalized spacial score (nSPS) is 12.8. The maximum Gasteiger partial charge on any atom is 0.515 e. The highest BCUT2D eigenvalue weighted by atomic mass is 35.5. The molecule has 3 aromatic rings. The zero-order valence-electron chi connectivity index (χ0n) is 16.9. The number of benzene rings is 2. The summed E-state index contributed by atoms with van der Waals surface area (Å²) in [6.45, 7) is 4.35. The van der Waals surface area contributed by atoms with E-state index in [0.29, 0.717) is 6.54 Å². The highest BCUT2D eigenvalue weighted by Crippen LogP contribution is 2.28. The second-order valence-electron chi connectivity index (χ2n) is 6.92. The lowest BCUT2D eigenvalue weighted by Gasteiger charge is -2.18. The van der Waals surface area contributed by atoms with Crippen LogP contribution in [0.4, 0.5) is 4.79 Å². The Bertz CT molecular complexity index is 958. The van der Waals surface area contributed by atoms with Crippen molar-refractivity contribution in [3.63, 3.8) is 0 Å². The van der Waals surface area contributed by atoms with Crippen LogP contribution in [-0.4, -0.2) is 40.5 Å². The largest absolute Gasteiger partial charge is 0.515 e. The Balaban J connectivity index is 0.00000320. The maximum absolute atomic E-state index is 11.5. The number of phenols is 1. The molecule has 0 aliphatic rings. The number of carbonyl (C=O) groups excluding carboxylic acids is 1. The number of rotatable bonds is 8. The van der Waals surface area contributed by atoms with Crippen molar-refractivity contribution in [1.29, 1.82) is 0 Å². The number of ether oxygens (including phenoxy) is 2. The summed E-state index contributed by atoms with van der Waals surface area (Å²) < 4.78 is 9.90. The first-order chi connectivity index (χ1) is 14.0. The number of hydrogen-bond acceptors (Lipinski definition) is 6. The lowest BCUT2D eigenvalue weighted by molar-refractivity contribution is 0.103. The average Bonchev–Trinajstić information content (AvgIpc) is 3.10. The summed E-state index contributed by atoms with van der Waals surface area (Å²) in [4.78, 5) is 14.5. The van der Waals surface area contributed by atoms with Gasteiger partial charge in [-0.2, -0.15) is 0 Å². The molecule has 2 atom stereocenters. The summed E-state index contributed by atoms with van der Waals surface area (Å²) in [6.07, 6.45) is -0.725. The SMILES string of the molecule is CCOC(=O)Oc1cc2c(C(O)CNC(C)Cc3ccc(O)cc3)cccc2[nH]1.Cl. The van der Waals surface area contributed by atoms with Crippen molar-refractivity contribution in [2.75, 3.05) is 13.2 Å². The van der Waals surface area contributed by atoms with Crippen LogP contribution in [0.25, 0.3) is 10.9 Å². The van der Waals surface area contributed by atoms with Gasteiger partial charge in [-0.3, -0.25) is 0 Å². The number of aromatic amines is 1. The van der Waals surface area contributed by atoms with Crippen LogP contribution in [0.1, 0.15) is 31.1 Å². The van der Waals surface area contributed by atoms with Crippen LogP contribution in [0.2, 0.25) is 0 Å². The summed E-state index contributed by atoms with van der Waals surface area (Å²) in [5, 5.41) is 24.2. The number of nitrogens with one attached hydrogen (secondary N) is 2. The number of H-pyrrole nitrogens is 1. The molecule has 4 N–H and O–H groups in total. The molecular weight excluding hydrogens is 408 g/mol. The summed E-state index contributed by atoms with van der Waals surface area (Å²) in [5.41, 5.74) is 2.60. The molecule has 0 amide bonds. The number of hydrogen-bond donors (Lipinski definition) is 4. The predicted molar refractivity (Wildman–Crippen MR) is 117 cm³/mol. The van der Waals surface area contributed by atoms with E-state index in [-0.39, 0.29) is 36.7 Å². The number of fused-ring (bicyclic) bond motifs is 1. The molecule has 2 aromatic carbocycles. The van der Waals surface area contributed by atoms with Gasteiger partial charge in [-0.25, -0.2) is 4.79 Å². The number of halogens is 1. The van der Waals surface area contributed by atoms with E-state index in [1.807, 2.05) is 37.3 Å². The molecule has 2 unspecified atom stereocenters. The minimum Gasteiger partial charge on any atom is -0.508 e. The Morgan fingerprint density at radius 2 is 1.93 bits per heavy atom. The van der Waals surface area contributed by atoms with Gasteiger partial charge in [0.2, 0.25) is 5.88 Å². The molecule has 0 radical (unpaired) electrons. The van der Waals surface area contributed by atoms with Crippen LogP contribution in [0.3, 0.4) is 0 Å². The summed E-state index contributed by atoms with van der Waals surface area (Å²) >= 11 is 0. The van der Waals surface area contributed by atoms with Crippen molar-refractivity contribution in [2.24, 2.45) is 0 Å². The summed E-state index contributed by atoms with van der Waals surface area (Å²) in [7, 11) is 0. The molecule has 0 saturated heterocycles. The van der Waals surface area contributed by atoms with E-state index in [1.54, 1.807) is 25.1 Å². The molecule has 0 spiro atoms. The van der Waals surface area contributed by atoms with Gasteiger partial charge in [0.05, 0.1) is 12.7 Å². The number of aromatic hydroxyl groups is 1. The molecule has 7 nitrogen and oxygen atoms in total. The quantitative estimate of drug-likeness (QED) is 0.398. The fourth-order valence-corrected chi connectivity index (χ4v) is 3.22. The van der Waals surface area contributed by atoms with Crippen LogP contribution >= 0.6 is 12.4 Å². The Morgan fingerprint density at radius 1 is 1.20 bits per heavy atom. The molecule has 30 heavy (non-hydrogen) atoms. The minimum absolute atomic E-state index is 0. The predicted octanol–water partition coefficient (Wildman–Crippen LogP) is 4.08. The number of phenolic OH excluding ortho intramolecular Hbond substituents is 1. The number of aromatic nitrogens is 1. The van der Waals surface area contributed by atoms with Crippen molar-refractivity contribution in [1.82, 2.24) is 10.3 Å². The van der Waals surface area contributed by atoms with E-state index >= 15 is 0 Å². The van der Waals surface area contributed by atoms with Crippen LogP contribution in [0.5, 0.6) is 11.6 Å². The molecule has 0 fully saturated rings. The van der Waals surface area contributed by atoms with Gasteiger partial charge in [0.25, 0.3) is 0 Å². The fourth-order valence-electron chi connectivity index (χ4n) is 3.22. The topological polar surface area (TPSA) is 104 Å². The van der Waals surface area contributed by atoms with E-state index in [2.05, 4.69) is 10.3 Å². The molecule has 8 heteroatoms. The second-order valence-corrected chi connectivity index (χ2v) is 6.92. The molecule has 3 rings (SSSR count). The van der Waals surface area contributed by atoms with Crippen LogP contribution < -0.4 is 10.1 Å². The molecule has 0 aliphatic heterocycles. The van der Waals surface area contributed by atoms with Crippen molar-refractivity contribution in [2.45, 2.75) is 32.4 Å². The lowest BCUT2D eigenvalue weighted by atomic mass is 10.0. The standard InChI is InChI=1S/C22H26N2O5.ClH/c1-3-28-22(27)29-21-12-18-17(5-4-6-19(18)24-21)20(26)13-23-14(2)11-15-7-9-16(25)10-8-15;/h4-10,12,14,20,23-26H,3,11,13H2,1-2H3;1H. The van der Waals surface area contributed by atoms with Crippen molar-refractivity contribution >= 4 is 29.5 Å². The molecule has 1 heterocycles. The third kappa shape index (κ3) is 6.13. The Hall–Kier alpha value is -2.74. The molecule has 0 aliphatic carbocycles. The number of aliphatic hydroxyl groups excluding tert-OH is 1. The molecule has 1 aromatic heterocycles. The van der Waals surface area contributed by atoms with Gasteiger partial charge in [-0.05, 0) is 49.6 Å². The van der Waals surface area contributed by atoms with Gasteiger partial charge >= 0.3 is 6.16 Å². The van der Waals surface area contributed by atoms with Crippen LogP contribution in [0, 0.1) is 0 Å². The van der Waals surface area contributed by atoms with Crippen molar-refractivity contribution < 1.29 is 24.5 Å². The number of carbonyl (C=O) groups is 1. The minimum atomic E-state index is -0.772. The third-order valence-corrected chi connectivity index (χ3v) is 4.63. The maximum atomic E-state index is 11.5. The lowest BCUT2D eigenvalue weighted by Crippen LogP contribution is -2.32. The second kappa shape index (κ2) is 10.9. The first-order valence-corrected chi connectivity index (χ1v) is 9.62. The summed E-state index contributed by atoms with van der Waals surface area (Å²) in [5.74, 6) is 0.516. The van der Waals surface area contributed by atoms with Gasteiger partial charge in [0.1, 0.15) is 5.75 Å². The van der Waals surface area contributed by atoms with E-state index in [0.717, 1.165) is 28.5 Å². The van der Waals surface area contributed by atoms with Gasteiger partial charge in [-0.1, -0.05) is 24.3 Å². The average molecular weight is 435 g/mol. The zero-order valence-corrected chi connectivity index (χ0v) is 17.7. The van der Waals surface area contributed by atoms with Gasteiger partial charge in [-0.15, -0.1) is 12.4 Å². The number of aliphatic hydroxyl groups is 1. The Kier molecular flexibility index (Phi) is 8.53. The molecule has 162 valence electrons. The van der Waals surface area contributed by atoms with Crippen molar-refractivity contribution in [3.05, 3.63) is 59.7 Å². The van der Waals surface area contributed by atoms with Gasteiger partial charge in [0.15, 0.2) is 0 Å². The van der Waals surface area contributed by atoms with Gasteiger partial charge in [0, 0.05) is 29.6 Å². The van der Waals surface area contributed by atoms with E-state index < -0.39 is 12.3 Å². The van der Waals surface area contributed by atoms with Crippen LogP contribution in [-0.2, 0) is 11.2 Å². The molecule has 0 bridgehead atoms. The highest BCUT2D eigenvalue weighted by Gasteiger charge is 2.16. The van der Waals surface area contributed by atoms with Gasteiger partial charge < -0.3 is 30.0 Å². The van der Waals surface area contributed by atoms with E-state index in [1.165, 1.54) is 0 Å².